The maximum atomic E-state index is 11.6. The molecule has 0 aliphatic carbocycles. The van der Waals surface area contributed by atoms with Gasteiger partial charge in [-0.1, -0.05) is 5.92 Å². The van der Waals surface area contributed by atoms with Crippen LogP contribution in [0, 0.1) is 12.3 Å². The zero-order chi connectivity index (χ0) is 11.3. The number of benzene rings is 1. The number of terminal acetylenes is 1. The van der Waals surface area contributed by atoms with E-state index in [0.29, 0.717) is 5.56 Å². The van der Waals surface area contributed by atoms with Gasteiger partial charge in [0.1, 0.15) is 0 Å². The molecule has 1 aromatic carbocycles. The lowest BCUT2D eigenvalue weighted by molar-refractivity contribution is 0.0948. The molecule has 78 valence electrons. The Morgan fingerprint density at radius 3 is 2.53 bits per heavy atom. The minimum atomic E-state index is -0.238. The average Bonchev–Trinajstić information content (AvgIpc) is 2.29. The second-order valence-electron chi connectivity index (χ2n) is 3.09. The van der Waals surface area contributed by atoms with Crippen LogP contribution in [0.1, 0.15) is 17.3 Å². The van der Waals surface area contributed by atoms with Crippen LogP contribution in [0.25, 0.3) is 0 Å². The van der Waals surface area contributed by atoms with Crippen molar-refractivity contribution in [3.8, 4) is 12.3 Å². The third kappa shape index (κ3) is 3.34. The molecule has 3 heteroatoms. The monoisotopic (exact) mass is 219 g/mol. The number of thioether (sulfide) groups is 1. The van der Waals surface area contributed by atoms with Crippen LogP contribution < -0.4 is 5.32 Å². The summed E-state index contributed by atoms with van der Waals surface area (Å²) in [5.41, 5.74) is 0.634. The Bertz CT molecular complexity index is 378. The van der Waals surface area contributed by atoms with Gasteiger partial charge in [0.2, 0.25) is 0 Å². The molecule has 0 fully saturated rings. The smallest absolute Gasteiger partial charge is 0.252 e. The van der Waals surface area contributed by atoms with Gasteiger partial charge in [0, 0.05) is 10.5 Å². The summed E-state index contributed by atoms with van der Waals surface area (Å²) >= 11 is 1.64. The second kappa shape index (κ2) is 5.47. The molecule has 0 spiro atoms. The van der Waals surface area contributed by atoms with E-state index in [1.54, 1.807) is 30.8 Å². The van der Waals surface area contributed by atoms with E-state index in [-0.39, 0.29) is 11.9 Å². The number of carbonyl (C=O) groups is 1. The molecule has 15 heavy (non-hydrogen) atoms. The molecule has 1 atom stereocenters. The molecular weight excluding hydrogens is 206 g/mol. The quantitative estimate of drug-likeness (QED) is 0.623. The molecule has 1 rings (SSSR count). The standard InChI is InChI=1S/C12H13NOS/c1-4-9(2)13-12(14)10-5-7-11(15-3)8-6-10/h1,5-9H,2-3H3,(H,13,14). The van der Waals surface area contributed by atoms with E-state index in [9.17, 15) is 4.79 Å². The van der Waals surface area contributed by atoms with E-state index in [0.717, 1.165) is 4.90 Å². The minimum absolute atomic E-state index is 0.131. The van der Waals surface area contributed by atoms with E-state index in [1.165, 1.54) is 0 Å². The SMILES string of the molecule is C#CC(C)NC(=O)c1ccc(SC)cc1. The van der Waals surface area contributed by atoms with Crippen molar-refractivity contribution in [2.75, 3.05) is 6.26 Å². The Morgan fingerprint density at radius 2 is 2.07 bits per heavy atom. The number of nitrogens with one attached hydrogen (secondary N) is 1. The van der Waals surface area contributed by atoms with E-state index in [4.69, 9.17) is 6.42 Å². The first-order valence-electron chi connectivity index (χ1n) is 4.58. The van der Waals surface area contributed by atoms with Crippen molar-refractivity contribution in [3.05, 3.63) is 29.8 Å². The predicted molar refractivity (Wildman–Crippen MR) is 64.0 cm³/mol. The number of hydrogen-bond acceptors (Lipinski definition) is 2. The maximum absolute atomic E-state index is 11.6. The van der Waals surface area contributed by atoms with Crippen LogP contribution in [0.15, 0.2) is 29.2 Å². The molecule has 0 aliphatic rings. The molecule has 0 aliphatic heterocycles. The van der Waals surface area contributed by atoms with Crippen molar-refractivity contribution in [3.63, 3.8) is 0 Å². The zero-order valence-corrected chi connectivity index (χ0v) is 9.60. The molecule has 1 unspecified atom stereocenters. The van der Waals surface area contributed by atoms with E-state index < -0.39 is 0 Å². The molecule has 0 radical (unpaired) electrons. The summed E-state index contributed by atoms with van der Waals surface area (Å²) < 4.78 is 0. The molecule has 0 aromatic heterocycles. The van der Waals surface area contributed by atoms with E-state index in [2.05, 4.69) is 11.2 Å². The van der Waals surface area contributed by atoms with Gasteiger partial charge in [-0.3, -0.25) is 4.79 Å². The first-order chi connectivity index (χ1) is 7.17. The molecular formula is C12H13NOS. The number of carbonyl (C=O) groups excluding carboxylic acids is 1. The highest BCUT2D eigenvalue weighted by Gasteiger charge is 2.06. The van der Waals surface area contributed by atoms with Crippen molar-refractivity contribution in [2.24, 2.45) is 0 Å². The molecule has 1 aromatic rings. The van der Waals surface area contributed by atoms with Crippen LogP contribution in [-0.2, 0) is 0 Å². The Morgan fingerprint density at radius 1 is 1.47 bits per heavy atom. The van der Waals surface area contributed by atoms with Gasteiger partial charge >= 0.3 is 0 Å². The van der Waals surface area contributed by atoms with Crippen LogP contribution in [0.3, 0.4) is 0 Å². The van der Waals surface area contributed by atoms with Gasteiger partial charge in [0.25, 0.3) is 5.91 Å². The summed E-state index contributed by atoms with van der Waals surface area (Å²) in [5, 5.41) is 2.70. The van der Waals surface area contributed by atoms with Crippen LogP contribution in [0.2, 0.25) is 0 Å². The number of hydrogen-bond donors (Lipinski definition) is 1. The maximum Gasteiger partial charge on any atom is 0.252 e. The fourth-order valence-corrected chi connectivity index (χ4v) is 1.47. The highest BCUT2D eigenvalue weighted by molar-refractivity contribution is 7.98. The fourth-order valence-electron chi connectivity index (χ4n) is 1.06. The van der Waals surface area contributed by atoms with Crippen molar-refractivity contribution < 1.29 is 4.79 Å². The Balaban J connectivity index is 2.71. The van der Waals surface area contributed by atoms with E-state index in [1.807, 2.05) is 18.4 Å². The predicted octanol–water partition coefficient (Wildman–Crippen LogP) is 2.16. The van der Waals surface area contributed by atoms with Gasteiger partial charge in [-0.25, -0.2) is 0 Å². The van der Waals surface area contributed by atoms with Crippen molar-refractivity contribution in [2.45, 2.75) is 17.9 Å². The first-order valence-corrected chi connectivity index (χ1v) is 5.81. The highest BCUT2D eigenvalue weighted by atomic mass is 32.2. The van der Waals surface area contributed by atoms with Crippen molar-refractivity contribution in [1.29, 1.82) is 0 Å². The summed E-state index contributed by atoms with van der Waals surface area (Å²) in [7, 11) is 0. The van der Waals surface area contributed by atoms with Gasteiger partial charge < -0.3 is 5.32 Å². The summed E-state index contributed by atoms with van der Waals surface area (Å²) in [6.07, 6.45) is 7.17. The van der Waals surface area contributed by atoms with Gasteiger partial charge in [0.15, 0.2) is 0 Å². The first kappa shape index (κ1) is 11.7. The lowest BCUT2D eigenvalue weighted by Gasteiger charge is -2.07. The van der Waals surface area contributed by atoms with Crippen molar-refractivity contribution in [1.82, 2.24) is 5.32 Å². The highest BCUT2D eigenvalue weighted by Crippen LogP contribution is 2.14. The lowest BCUT2D eigenvalue weighted by atomic mass is 10.2. The molecule has 0 heterocycles. The summed E-state index contributed by atoms with van der Waals surface area (Å²) in [6, 6.07) is 7.19. The molecule has 2 nitrogen and oxygen atoms in total. The van der Waals surface area contributed by atoms with Crippen LogP contribution in [-0.4, -0.2) is 18.2 Å². The molecule has 1 amide bonds. The third-order valence-corrected chi connectivity index (χ3v) is 2.69. The van der Waals surface area contributed by atoms with Crippen molar-refractivity contribution >= 4 is 17.7 Å². The summed E-state index contributed by atoms with van der Waals surface area (Å²) in [5.74, 6) is 2.32. The van der Waals surface area contributed by atoms with E-state index >= 15 is 0 Å². The molecule has 1 N–H and O–H groups in total. The molecule has 0 saturated carbocycles. The summed E-state index contributed by atoms with van der Waals surface area (Å²) in [6.45, 7) is 1.77. The normalized spacial score (nSPS) is 11.5. The Hall–Kier alpha value is -1.40. The summed E-state index contributed by atoms with van der Waals surface area (Å²) in [4.78, 5) is 12.7. The molecule has 0 bridgehead atoms. The largest absolute Gasteiger partial charge is 0.339 e. The Labute approximate surface area is 94.5 Å². The third-order valence-electron chi connectivity index (χ3n) is 1.95. The van der Waals surface area contributed by atoms with Gasteiger partial charge in [0.05, 0.1) is 6.04 Å². The lowest BCUT2D eigenvalue weighted by Crippen LogP contribution is -2.31. The topological polar surface area (TPSA) is 29.1 Å². The zero-order valence-electron chi connectivity index (χ0n) is 8.78. The van der Waals surface area contributed by atoms with Crippen LogP contribution >= 0.6 is 11.8 Å². The van der Waals surface area contributed by atoms with Gasteiger partial charge in [-0.15, -0.1) is 18.2 Å². The Kier molecular flexibility index (Phi) is 4.26. The van der Waals surface area contributed by atoms with Gasteiger partial charge in [-0.2, -0.15) is 0 Å². The van der Waals surface area contributed by atoms with Crippen LogP contribution in [0.4, 0.5) is 0 Å². The average molecular weight is 219 g/mol. The fraction of sp³-hybridized carbons (Fsp3) is 0.250. The van der Waals surface area contributed by atoms with Crippen LogP contribution in [0.5, 0.6) is 0 Å². The second-order valence-corrected chi connectivity index (χ2v) is 3.97. The van der Waals surface area contributed by atoms with Gasteiger partial charge in [-0.05, 0) is 37.4 Å². The number of amides is 1. The number of rotatable bonds is 3. The molecule has 0 saturated heterocycles. The minimum Gasteiger partial charge on any atom is -0.339 e.